The average Bonchev–Trinajstić information content (AvgIpc) is 2.91. The van der Waals surface area contributed by atoms with Gasteiger partial charge in [0.1, 0.15) is 5.82 Å². The van der Waals surface area contributed by atoms with E-state index in [2.05, 4.69) is 35.0 Å². The van der Waals surface area contributed by atoms with Gasteiger partial charge in [0.2, 0.25) is 0 Å². The molecule has 0 bridgehead atoms. The summed E-state index contributed by atoms with van der Waals surface area (Å²) in [6.45, 7) is 9.17. The van der Waals surface area contributed by atoms with Gasteiger partial charge in [-0.2, -0.15) is 0 Å². The quantitative estimate of drug-likeness (QED) is 0.920. The van der Waals surface area contributed by atoms with Crippen LogP contribution in [0.1, 0.15) is 32.3 Å². The van der Waals surface area contributed by atoms with Gasteiger partial charge >= 0.3 is 0 Å². The zero-order valence-corrected chi connectivity index (χ0v) is 13.1. The van der Waals surface area contributed by atoms with Gasteiger partial charge in [-0.1, -0.05) is 19.1 Å². The molecule has 0 aromatic heterocycles. The van der Waals surface area contributed by atoms with Gasteiger partial charge in [0.25, 0.3) is 0 Å². The third-order valence-electron chi connectivity index (χ3n) is 4.86. The van der Waals surface area contributed by atoms with Crippen LogP contribution in [-0.2, 0) is 6.54 Å². The highest BCUT2D eigenvalue weighted by Crippen LogP contribution is 2.32. The molecule has 3 nitrogen and oxygen atoms in total. The second kappa shape index (κ2) is 6.32. The van der Waals surface area contributed by atoms with Crippen LogP contribution in [0, 0.1) is 5.82 Å². The van der Waals surface area contributed by atoms with Crippen molar-refractivity contribution in [3.63, 3.8) is 0 Å². The Morgan fingerprint density at radius 3 is 3.00 bits per heavy atom. The summed E-state index contributed by atoms with van der Waals surface area (Å²) in [5, 5.41) is 3.33. The van der Waals surface area contributed by atoms with Gasteiger partial charge in [0, 0.05) is 31.7 Å². The maximum Gasteiger partial charge on any atom is 0.146 e. The molecule has 2 atom stereocenters. The van der Waals surface area contributed by atoms with Crippen LogP contribution in [0.5, 0.6) is 0 Å². The fourth-order valence-electron chi connectivity index (χ4n) is 3.78. The molecule has 1 aromatic rings. The molecule has 2 heterocycles. The van der Waals surface area contributed by atoms with E-state index in [1.54, 1.807) is 6.07 Å². The number of para-hydroxylation sites is 1. The Balaban J connectivity index is 1.87. The Kier molecular flexibility index (Phi) is 4.45. The first-order valence-electron chi connectivity index (χ1n) is 8.19. The van der Waals surface area contributed by atoms with Crippen molar-refractivity contribution < 1.29 is 4.39 Å². The van der Waals surface area contributed by atoms with E-state index in [0.717, 1.165) is 37.4 Å². The van der Waals surface area contributed by atoms with Crippen LogP contribution < -0.4 is 10.2 Å². The Morgan fingerprint density at radius 2 is 2.19 bits per heavy atom. The van der Waals surface area contributed by atoms with Crippen molar-refractivity contribution in [3.05, 3.63) is 29.6 Å². The van der Waals surface area contributed by atoms with Crippen LogP contribution in [0.2, 0.25) is 0 Å². The number of benzene rings is 1. The molecule has 21 heavy (non-hydrogen) atoms. The predicted octanol–water partition coefficient (Wildman–Crippen LogP) is 2.61. The standard InChI is InChI=1S/C17H26FN3/c1-3-19-10-14-6-4-8-16(18)17(14)21-12-15-7-5-9-20(15)11-13(21)2/h4,6,8,13,15,19H,3,5,7,9-12H2,1-2H3. The van der Waals surface area contributed by atoms with E-state index in [1.165, 1.54) is 19.4 Å². The van der Waals surface area contributed by atoms with Crippen molar-refractivity contribution in [2.24, 2.45) is 0 Å². The molecular formula is C17H26FN3. The number of halogens is 1. The first-order chi connectivity index (χ1) is 10.2. The largest absolute Gasteiger partial charge is 0.363 e. The Bertz CT molecular complexity index is 491. The van der Waals surface area contributed by atoms with Gasteiger partial charge < -0.3 is 10.2 Å². The molecule has 0 spiro atoms. The highest BCUT2D eigenvalue weighted by atomic mass is 19.1. The van der Waals surface area contributed by atoms with Crippen molar-refractivity contribution in [3.8, 4) is 0 Å². The van der Waals surface area contributed by atoms with Gasteiger partial charge in [-0.15, -0.1) is 0 Å². The van der Waals surface area contributed by atoms with E-state index in [4.69, 9.17) is 0 Å². The zero-order valence-electron chi connectivity index (χ0n) is 13.1. The maximum atomic E-state index is 14.5. The smallest absolute Gasteiger partial charge is 0.146 e. The lowest BCUT2D eigenvalue weighted by atomic mass is 10.0. The number of nitrogens with zero attached hydrogens (tertiary/aromatic N) is 2. The first kappa shape index (κ1) is 14.8. The third-order valence-corrected chi connectivity index (χ3v) is 4.86. The van der Waals surface area contributed by atoms with Crippen molar-refractivity contribution in [2.75, 3.05) is 31.1 Å². The van der Waals surface area contributed by atoms with Gasteiger partial charge in [-0.05, 0) is 44.5 Å². The van der Waals surface area contributed by atoms with Crippen LogP contribution in [0.25, 0.3) is 0 Å². The molecule has 0 radical (unpaired) electrons. The number of nitrogens with one attached hydrogen (secondary N) is 1. The molecule has 0 aliphatic carbocycles. The van der Waals surface area contributed by atoms with E-state index in [-0.39, 0.29) is 5.82 Å². The Hall–Kier alpha value is -1.13. The van der Waals surface area contributed by atoms with E-state index in [0.29, 0.717) is 12.1 Å². The van der Waals surface area contributed by atoms with Crippen molar-refractivity contribution in [2.45, 2.75) is 45.3 Å². The zero-order chi connectivity index (χ0) is 14.8. The van der Waals surface area contributed by atoms with Gasteiger partial charge in [-0.3, -0.25) is 4.90 Å². The summed E-state index contributed by atoms with van der Waals surface area (Å²) in [5.41, 5.74) is 1.90. The van der Waals surface area contributed by atoms with E-state index in [1.807, 2.05) is 6.07 Å². The lowest BCUT2D eigenvalue weighted by molar-refractivity contribution is 0.202. The summed E-state index contributed by atoms with van der Waals surface area (Å²) < 4.78 is 14.5. The fraction of sp³-hybridized carbons (Fsp3) is 0.647. The van der Waals surface area contributed by atoms with Crippen LogP contribution in [0.4, 0.5) is 10.1 Å². The Labute approximate surface area is 127 Å². The lowest BCUT2D eigenvalue weighted by Gasteiger charge is -2.44. The molecule has 2 unspecified atom stereocenters. The van der Waals surface area contributed by atoms with Crippen LogP contribution in [-0.4, -0.2) is 43.2 Å². The van der Waals surface area contributed by atoms with Crippen LogP contribution in [0.3, 0.4) is 0 Å². The second-order valence-corrected chi connectivity index (χ2v) is 6.32. The van der Waals surface area contributed by atoms with Gasteiger partial charge in [0.05, 0.1) is 5.69 Å². The number of hydrogen-bond acceptors (Lipinski definition) is 3. The third kappa shape index (κ3) is 2.92. The molecule has 2 aliphatic rings. The number of rotatable bonds is 4. The minimum Gasteiger partial charge on any atom is -0.363 e. The highest BCUT2D eigenvalue weighted by molar-refractivity contribution is 5.56. The molecule has 1 N–H and O–H groups in total. The molecule has 2 fully saturated rings. The van der Waals surface area contributed by atoms with E-state index >= 15 is 0 Å². The summed E-state index contributed by atoms with van der Waals surface area (Å²) in [7, 11) is 0. The minimum atomic E-state index is -0.0799. The molecule has 116 valence electrons. The summed E-state index contributed by atoms with van der Waals surface area (Å²) in [4.78, 5) is 4.88. The van der Waals surface area contributed by atoms with Crippen molar-refractivity contribution >= 4 is 5.69 Å². The molecule has 3 rings (SSSR count). The number of piperazine rings is 1. The number of hydrogen-bond donors (Lipinski definition) is 1. The molecule has 2 saturated heterocycles. The minimum absolute atomic E-state index is 0.0799. The van der Waals surface area contributed by atoms with Crippen LogP contribution in [0.15, 0.2) is 18.2 Å². The highest BCUT2D eigenvalue weighted by Gasteiger charge is 2.35. The normalized spacial score (nSPS) is 26.1. The fourth-order valence-corrected chi connectivity index (χ4v) is 3.78. The summed E-state index contributed by atoms with van der Waals surface area (Å²) in [5.74, 6) is -0.0799. The number of anilines is 1. The topological polar surface area (TPSA) is 18.5 Å². The van der Waals surface area contributed by atoms with E-state index < -0.39 is 0 Å². The predicted molar refractivity (Wildman–Crippen MR) is 85.2 cm³/mol. The molecule has 4 heteroatoms. The summed E-state index contributed by atoms with van der Waals surface area (Å²) >= 11 is 0. The first-order valence-corrected chi connectivity index (χ1v) is 8.19. The molecule has 0 saturated carbocycles. The summed E-state index contributed by atoms with van der Waals surface area (Å²) in [6.07, 6.45) is 2.53. The second-order valence-electron chi connectivity index (χ2n) is 6.32. The SMILES string of the molecule is CCNCc1cccc(F)c1N1CC2CCCN2CC1C. The molecular weight excluding hydrogens is 265 g/mol. The van der Waals surface area contributed by atoms with Gasteiger partial charge in [-0.25, -0.2) is 4.39 Å². The van der Waals surface area contributed by atoms with E-state index in [9.17, 15) is 4.39 Å². The molecule has 1 aromatic carbocycles. The lowest BCUT2D eigenvalue weighted by Crippen LogP contribution is -2.55. The number of fused-ring (bicyclic) bond motifs is 1. The maximum absolute atomic E-state index is 14.5. The monoisotopic (exact) mass is 291 g/mol. The Morgan fingerprint density at radius 1 is 1.33 bits per heavy atom. The molecule has 2 aliphatic heterocycles. The summed E-state index contributed by atoms with van der Waals surface area (Å²) in [6, 6.07) is 6.44. The van der Waals surface area contributed by atoms with Crippen molar-refractivity contribution in [1.82, 2.24) is 10.2 Å². The molecule has 0 amide bonds. The van der Waals surface area contributed by atoms with Crippen molar-refractivity contribution in [1.29, 1.82) is 0 Å². The van der Waals surface area contributed by atoms with Crippen LogP contribution >= 0.6 is 0 Å². The average molecular weight is 291 g/mol. The van der Waals surface area contributed by atoms with Gasteiger partial charge in [0.15, 0.2) is 0 Å².